The monoisotopic (exact) mass is 398 g/mol. The van der Waals surface area contributed by atoms with Crippen LogP contribution in [-0.4, -0.2) is 28.2 Å². The summed E-state index contributed by atoms with van der Waals surface area (Å²) in [6.07, 6.45) is 9.56. The smallest absolute Gasteiger partial charge is 0.249 e. The average Bonchev–Trinajstić information content (AvgIpc) is 3.37. The Labute approximate surface area is 174 Å². The van der Waals surface area contributed by atoms with Gasteiger partial charge in [-0.3, -0.25) is 0 Å². The molecule has 2 aromatic rings. The lowest BCUT2D eigenvalue weighted by molar-refractivity contribution is 0.250. The number of nitrogens with two attached hydrogens (primary N) is 1. The van der Waals surface area contributed by atoms with Crippen LogP contribution in [0.2, 0.25) is 0 Å². The van der Waals surface area contributed by atoms with Crippen LogP contribution in [0.25, 0.3) is 11.4 Å². The van der Waals surface area contributed by atoms with Gasteiger partial charge in [0.05, 0.1) is 12.4 Å². The van der Waals surface area contributed by atoms with E-state index in [1.165, 1.54) is 32.1 Å². The highest BCUT2D eigenvalue weighted by Crippen LogP contribution is 2.33. The van der Waals surface area contributed by atoms with Crippen molar-refractivity contribution in [1.29, 1.82) is 0 Å². The molecule has 1 aliphatic rings. The van der Waals surface area contributed by atoms with Gasteiger partial charge in [0.15, 0.2) is 0 Å². The average molecular weight is 399 g/mol. The van der Waals surface area contributed by atoms with Crippen molar-refractivity contribution >= 4 is 0 Å². The molecule has 0 saturated carbocycles. The number of ether oxygens (including phenoxy) is 1. The maximum Gasteiger partial charge on any atom is 0.249 e. The predicted molar refractivity (Wildman–Crippen MR) is 115 cm³/mol. The molecule has 2 heterocycles. The van der Waals surface area contributed by atoms with Crippen LogP contribution in [0.4, 0.5) is 0 Å². The van der Waals surface area contributed by atoms with E-state index in [0.29, 0.717) is 17.5 Å². The summed E-state index contributed by atoms with van der Waals surface area (Å²) in [6.45, 7) is 9.78. The number of unbranched alkanes of at least 4 members (excludes halogenated alkanes) is 5. The molecule has 6 heteroatoms. The number of aromatic nitrogens is 2. The molecule has 6 nitrogen and oxygen atoms in total. The van der Waals surface area contributed by atoms with Gasteiger partial charge >= 0.3 is 0 Å². The fourth-order valence-corrected chi connectivity index (χ4v) is 3.87. The molecule has 1 fully saturated rings. The molecule has 0 unspecified atom stereocenters. The summed E-state index contributed by atoms with van der Waals surface area (Å²) in [5, 5.41) is 4.18. The molecule has 1 saturated heterocycles. The van der Waals surface area contributed by atoms with E-state index < -0.39 is 0 Å². The molecule has 29 heavy (non-hydrogen) atoms. The largest absolute Gasteiger partial charge is 0.493 e. The Bertz CT molecular complexity index is 802. The number of aryl methyl sites for hydroxylation is 1. The lowest BCUT2D eigenvalue weighted by atomic mass is 10.1. The van der Waals surface area contributed by atoms with Gasteiger partial charge in [0.2, 0.25) is 11.7 Å². The lowest BCUT2D eigenvalue weighted by Crippen LogP contribution is -2.26. The van der Waals surface area contributed by atoms with E-state index in [4.69, 9.17) is 15.0 Å². The Morgan fingerprint density at radius 1 is 1.28 bits per heavy atom. The summed E-state index contributed by atoms with van der Waals surface area (Å²) in [4.78, 5) is 6.65. The molecular weight excluding hydrogens is 364 g/mol. The maximum atomic E-state index is 5.97. The second kappa shape index (κ2) is 10.3. The van der Waals surface area contributed by atoms with Crippen molar-refractivity contribution in [1.82, 2.24) is 15.0 Å². The minimum Gasteiger partial charge on any atom is -0.493 e. The van der Waals surface area contributed by atoms with E-state index in [-0.39, 0.29) is 6.04 Å². The van der Waals surface area contributed by atoms with Gasteiger partial charge in [-0.1, -0.05) is 50.8 Å². The first-order chi connectivity index (χ1) is 14.1. The molecule has 1 atom stereocenters. The van der Waals surface area contributed by atoms with Crippen molar-refractivity contribution in [3.8, 4) is 17.1 Å². The van der Waals surface area contributed by atoms with Gasteiger partial charge in [0.25, 0.3) is 0 Å². The number of hydrogen-bond donors (Lipinski definition) is 1. The number of likely N-dealkylation sites (tertiary alicyclic amines) is 1. The summed E-state index contributed by atoms with van der Waals surface area (Å²) in [5.74, 6) is 2.67. The van der Waals surface area contributed by atoms with Crippen molar-refractivity contribution in [2.45, 2.75) is 71.3 Å². The van der Waals surface area contributed by atoms with Crippen LogP contribution < -0.4 is 10.5 Å². The summed E-state index contributed by atoms with van der Waals surface area (Å²) >= 11 is 0. The zero-order valence-electron chi connectivity index (χ0n) is 17.8. The van der Waals surface area contributed by atoms with Gasteiger partial charge in [-0.05, 0) is 49.9 Å². The molecule has 0 spiro atoms. The van der Waals surface area contributed by atoms with Crippen LogP contribution in [0, 0.1) is 6.92 Å². The molecule has 3 rings (SSSR count). The Balaban J connectivity index is 1.56. The SMILES string of the molecule is C=C(N)N1CCC[C@H]1c1nc(-c2ccc(OCCCCCCCC)c(C)c2)no1. The molecule has 0 aliphatic carbocycles. The standard InChI is InChI=1S/C23H34N4O2/c1-4-5-6-7-8-9-15-28-21-13-12-19(16-17(21)2)22-25-23(29-26-22)20-11-10-14-27(20)18(3)24/h12-13,16,20H,3-11,14-15,24H2,1-2H3/t20-/m0/s1. The van der Waals surface area contributed by atoms with Crippen molar-refractivity contribution in [2.75, 3.05) is 13.2 Å². The third-order valence-electron chi connectivity index (χ3n) is 5.54. The first-order valence-electron chi connectivity index (χ1n) is 10.9. The van der Waals surface area contributed by atoms with Gasteiger partial charge in [0, 0.05) is 12.1 Å². The van der Waals surface area contributed by atoms with Gasteiger partial charge in [-0.15, -0.1) is 0 Å². The second-order valence-electron chi connectivity index (χ2n) is 7.90. The first kappa shape index (κ1) is 21.2. The molecule has 1 aromatic heterocycles. The lowest BCUT2D eigenvalue weighted by Gasteiger charge is -2.22. The quantitative estimate of drug-likeness (QED) is 0.514. The number of benzene rings is 1. The van der Waals surface area contributed by atoms with E-state index in [2.05, 4.69) is 36.6 Å². The summed E-state index contributed by atoms with van der Waals surface area (Å²) in [7, 11) is 0. The molecule has 2 N–H and O–H groups in total. The Kier molecular flexibility index (Phi) is 7.55. The molecule has 0 bridgehead atoms. The highest BCUT2D eigenvalue weighted by Gasteiger charge is 2.31. The highest BCUT2D eigenvalue weighted by molar-refractivity contribution is 5.58. The molecule has 1 aliphatic heterocycles. The Hall–Kier alpha value is -2.50. The zero-order valence-corrected chi connectivity index (χ0v) is 17.8. The normalized spacial score (nSPS) is 16.3. The Morgan fingerprint density at radius 2 is 2.07 bits per heavy atom. The fraction of sp³-hybridized carbons (Fsp3) is 0.565. The van der Waals surface area contributed by atoms with Gasteiger partial charge in [-0.2, -0.15) is 4.98 Å². The third kappa shape index (κ3) is 5.52. The van der Waals surface area contributed by atoms with E-state index >= 15 is 0 Å². The fourth-order valence-electron chi connectivity index (χ4n) is 3.87. The first-order valence-corrected chi connectivity index (χ1v) is 10.9. The van der Waals surface area contributed by atoms with Crippen LogP contribution in [0.5, 0.6) is 5.75 Å². The molecule has 158 valence electrons. The topological polar surface area (TPSA) is 77.4 Å². The van der Waals surface area contributed by atoms with Crippen LogP contribution >= 0.6 is 0 Å². The summed E-state index contributed by atoms with van der Waals surface area (Å²) in [5.41, 5.74) is 7.90. The number of hydrogen-bond acceptors (Lipinski definition) is 6. The highest BCUT2D eigenvalue weighted by atomic mass is 16.5. The zero-order chi connectivity index (χ0) is 20.6. The number of nitrogens with zero attached hydrogens (tertiary/aromatic N) is 3. The minimum atomic E-state index is 0.0229. The van der Waals surface area contributed by atoms with Crippen LogP contribution in [0.15, 0.2) is 35.1 Å². The van der Waals surface area contributed by atoms with Crippen molar-refractivity contribution < 1.29 is 9.26 Å². The van der Waals surface area contributed by atoms with Crippen molar-refractivity contribution in [3.05, 3.63) is 42.1 Å². The maximum absolute atomic E-state index is 5.97. The van der Waals surface area contributed by atoms with Crippen molar-refractivity contribution in [3.63, 3.8) is 0 Å². The minimum absolute atomic E-state index is 0.0229. The summed E-state index contributed by atoms with van der Waals surface area (Å²) in [6, 6.07) is 6.07. The van der Waals surface area contributed by atoms with Crippen LogP contribution in [0.1, 0.15) is 75.8 Å². The third-order valence-corrected chi connectivity index (χ3v) is 5.54. The number of rotatable bonds is 11. The second-order valence-corrected chi connectivity index (χ2v) is 7.90. The van der Waals surface area contributed by atoms with E-state index in [1.807, 2.05) is 17.0 Å². The molecule has 1 aromatic carbocycles. The molecule has 0 amide bonds. The molecule has 0 radical (unpaired) electrons. The van der Waals surface area contributed by atoms with Crippen LogP contribution in [-0.2, 0) is 0 Å². The van der Waals surface area contributed by atoms with Gasteiger partial charge in [-0.25, -0.2) is 0 Å². The van der Waals surface area contributed by atoms with Gasteiger partial charge < -0.3 is 19.9 Å². The van der Waals surface area contributed by atoms with E-state index in [9.17, 15) is 0 Å². The molecular formula is C23H34N4O2. The van der Waals surface area contributed by atoms with E-state index in [0.717, 1.165) is 49.3 Å². The van der Waals surface area contributed by atoms with Crippen molar-refractivity contribution in [2.24, 2.45) is 5.73 Å². The summed E-state index contributed by atoms with van der Waals surface area (Å²) < 4.78 is 11.5. The van der Waals surface area contributed by atoms with E-state index in [1.54, 1.807) is 0 Å². The predicted octanol–water partition coefficient (Wildman–Crippen LogP) is 5.35. The van der Waals surface area contributed by atoms with Gasteiger partial charge in [0.1, 0.15) is 11.8 Å². The van der Waals surface area contributed by atoms with Crippen LogP contribution in [0.3, 0.4) is 0 Å². The Morgan fingerprint density at radius 3 is 2.83 bits per heavy atom.